The summed E-state index contributed by atoms with van der Waals surface area (Å²) >= 11 is 0. The molecule has 2 heterocycles. The van der Waals surface area contributed by atoms with Gasteiger partial charge in [0, 0.05) is 26.2 Å². The molecular formula is C12H20N2O5S2. The Morgan fingerprint density at radius 3 is 2.10 bits per heavy atom. The Bertz CT molecular complexity index is 631. The van der Waals surface area contributed by atoms with Gasteiger partial charge in [0.1, 0.15) is 0 Å². The average Bonchev–Trinajstić information content (AvgIpc) is 3.23. The predicted molar refractivity (Wildman–Crippen MR) is 76.9 cm³/mol. The van der Waals surface area contributed by atoms with E-state index in [1.54, 1.807) is 4.90 Å². The van der Waals surface area contributed by atoms with Gasteiger partial charge < -0.3 is 4.90 Å². The number of sulfonamides is 1. The Labute approximate surface area is 125 Å². The molecule has 0 aromatic rings. The second-order valence-corrected chi connectivity index (χ2v) is 10.5. The standard InChI is InChI=1S/C12H20N2O5S2/c15-12(10-3-8-20(16,17)9-10)13-4-6-14(7-5-13)21(18,19)11-1-2-11/h10-11H,1-9H2. The van der Waals surface area contributed by atoms with Crippen molar-refractivity contribution in [2.45, 2.75) is 24.5 Å². The Hall–Kier alpha value is -0.670. The van der Waals surface area contributed by atoms with Gasteiger partial charge in [0.2, 0.25) is 15.9 Å². The molecule has 120 valence electrons. The first kappa shape index (κ1) is 15.2. The smallest absolute Gasteiger partial charge is 0.226 e. The molecule has 1 aliphatic carbocycles. The van der Waals surface area contributed by atoms with Gasteiger partial charge in [0.15, 0.2) is 9.84 Å². The Balaban J connectivity index is 1.57. The van der Waals surface area contributed by atoms with E-state index in [0.29, 0.717) is 32.6 Å². The molecule has 1 amide bonds. The topological polar surface area (TPSA) is 91.8 Å². The fourth-order valence-electron chi connectivity index (χ4n) is 2.99. The number of rotatable bonds is 3. The SMILES string of the molecule is O=C(C1CCS(=O)(=O)C1)N1CCN(S(=O)(=O)C2CC2)CC1. The molecule has 0 aromatic carbocycles. The number of hydrogen-bond acceptors (Lipinski definition) is 5. The van der Waals surface area contributed by atoms with Gasteiger partial charge in [0.25, 0.3) is 0 Å². The van der Waals surface area contributed by atoms with E-state index in [2.05, 4.69) is 0 Å². The lowest BCUT2D eigenvalue weighted by atomic mass is 10.1. The predicted octanol–water partition coefficient (Wildman–Crippen LogP) is -0.942. The van der Waals surface area contributed by atoms with Crippen molar-refractivity contribution in [3.05, 3.63) is 0 Å². The third-order valence-corrected chi connectivity index (χ3v) is 8.60. The van der Waals surface area contributed by atoms with Crippen LogP contribution in [0, 0.1) is 5.92 Å². The van der Waals surface area contributed by atoms with E-state index in [9.17, 15) is 21.6 Å². The number of nitrogens with zero attached hydrogens (tertiary/aromatic N) is 2. The number of carbonyl (C=O) groups is 1. The number of sulfone groups is 1. The van der Waals surface area contributed by atoms with Crippen LogP contribution in [0.4, 0.5) is 0 Å². The van der Waals surface area contributed by atoms with Gasteiger partial charge in [-0.25, -0.2) is 16.8 Å². The molecule has 1 atom stereocenters. The molecule has 3 rings (SSSR count). The van der Waals surface area contributed by atoms with Crippen molar-refractivity contribution >= 4 is 25.8 Å². The monoisotopic (exact) mass is 336 g/mol. The van der Waals surface area contributed by atoms with Crippen molar-refractivity contribution in [1.82, 2.24) is 9.21 Å². The van der Waals surface area contributed by atoms with Crippen LogP contribution in [-0.4, -0.2) is 74.9 Å². The van der Waals surface area contributed by atoms with Crippen LogP contribution in [0.1, 0.15) is 19.3 Å². The van der Waals surface area contributed by atoms with Crippen molar-refractivity contribution in [2.75, 3.05) is 37.7 Å². The lowest BCUT2D eigenvalue weighted by Crippen LogP contribution is -2.52. The zero-order chi connectivity index (χ0) is 15.3. The Morgan fingerprint density at radius 1 is 1.00 bits per heavy atom. The summed E-state index contributed by atoms with van der Waals surface area (Å²) in [6.07, 6.45) is 1.87. The Morgan fingerprint density at radius 2 is 1.62 bits per heavy atom. The summed E-state index contributed by atoms with van der Waals surface area (Å²) in [5.74, 6) is -0.563. The molecule has 0 spiro atoms. The highest BCUT2D eigenvalue weighted by molar-refractivity contribution is 7.91. The van der Waals surface area contributed by atoms with E-state index in [4.69, 9.17) is 0 Å². The van der Waals surface area contributed by atoms with Crippen LogP contribution in [0.5, 0.6) is 0 Å². The molecule has 2 aliphatic heterocycles. The molecule has 9 heteroatoms. The number of carbonyl (C=O) groups excluding carboxylic acids is 1. The molecule has 0 bridgehead atoms. The highest BCUT2D eigenvalue weighted by atomic mass is 32.2. The number of amides is 1. The first-order chi connectivity index (χ1) is 9.79. The quantitative estimate of drug-likeness (QED) is 0.663. The number of hydrogen-bond donors (Lipinski definition) is 0. The van der Waals surface area contributed by atoms with Crippen LogP contribution in [0.25, 0.3) is 0 Å². The number of piperazine rings is 1. The van der Waals surface area contributed by atoms with Gasteiger partial charge in [-0.3, -0.25) is 4.79 Å². The third kappa shape index (κ3) is 3.09. The van der Waals surface area contributed by atoms with E-state index in [0.717, 1.165) is 12.8 Å². The van der Waals surface area contributed by atoms with Crippen molar-refractivity contribution < 1.29 is 21.6 Å². The largest absolute Gasteiger partial charge is 0.340 e. The van der Waals surface area contributed by atoms with E-state index >= 15 is 0 Å². The first-order valence-electron chi connectivity index (χ1n) is 7.28. The van der Waals surface area contributed by atoms with Crippen LogP contribution >= 0.6 is 0 Å². The summed E-state index contributed by atoms with van der Waals surface area (Å²) in [6, 6.07) is 0. The van der Waals surface area contributed by atoms with E-state index in [-0.39, 0.29) is 22.7 Å². The zero-order valence-electron chi connectivity index (χ0n) is 11.8. The van der Waals surface area contributed by atoms with Crippen molar-refractivity contribution in [2.24, 2.45) is 5.92 Å². The van der Waals surface area contributed by atoms with Gasteiger partial charge in [-0.2, -0.15) is 4.31 Å². The van der Waals surface area contributed by atoms with Gasteiger partial charge in [-0.15, -0.1) is 0 Å². The molecule has 0 radical (unpaired) electrons. The maximum absolute atomic E-state index is 12.3. The van der Waals surface area contributed by atoms with Gasteiger partial charge in [0.05, 0.1) is 22.7 Å². The average molecular weight is 336 g/mol. The molecule has 3 aliphatic rings. The van der Waals surface area contributed by atoms with Crippen LogP contribution in [-0.2, 0) is 24.7 Å². The van der Waals surface area contributed by atoms with Crippen LogP contribution < -0.4 is 0 Å². The molecule has 21 heavy (non-hydrogen) atoms. The Kier molecular flexibility index (Phi) is 3.77. The van der Waals surface area contributed by atoms with E-state index < -0.39 is 25.8 Å². The molecule has 2 saturated heterocycles. The first-order valence-corrected chi connectivity index (χ1v) is 10.6. The minimum absolute atomic E-state index is 0.0631. The molecule has 1 saturated carbocycles. The lowest BCUT2D eigenvalue weighted by Gasteiger charge is -2.35. The fourth-order valence-corrected chi connectivity index (χ4v) is 6.55. The molecule has 0 aromatic heterocycles. The second-order valence-electron chi connectivity index (χ2n) is 6.07. The zero-order valence-corrected chi connectivity index (χ0v) is 13.4. The minimum atomic E-state index is -3.18. The molecule has 3 fully saturated rings. The fraction of sp³-hybridized carbons (Fsp3) is 0.917. The summed E-state index contributed by atoms with van der Waals surface area (Å²) in [7, 11) is -6.25. The normalized spacial score (nSPS) is 30.5. The summed E-state index contributed by atoms with van der Waals surface area (Å²) < 4.78 is 48.6. The second kappa shape index (κ2) is 5.20. The summed E-state index contributed by atoms with van der Waals surface area (Å²) in [4.78, 5) is 13.9. The molecule has 7 nitrogen and oxygen atoms in total. The van der Waals surface area contributed by atoms with E-state index in [1.165, 1.54) is 4.31 Å². The van der Waals surface area contributed by atoms with Crippen molar-refractivity contribution in [3.8, 4) is 0 Å². The molecule has 0 N–H and O–H groups in total. The van der Waals surface area contributed by atoms with Crippen molar-refractivity contribution in [3.63, 3.8) is 0 Å². The van der Waals surface area contributed by atoms with Crippen LogP contribution in [0.2, 0.25) is 0 Å². The van der Waals surface area contributed by atoms with Crippen LogP contribution in [0.3, 0.4) is 0 Å². The highest BCUT2D eigenvalue weighted by Gasteiger charge is 2.42. The minimum Gasteiger partial charge on any atom is -0.340 e. The molecular weight excluding hydrogens is 316 g/mol. The summed E-state index contributed by atoms with van der Waals surface area (Å²) in [6.45, 7) is 1.37. The molecule has 1 unspecified atom stereocenters. The lowest BCUT2D eigenvalue weighted by molar-refractivity contribution is -0.135. The van der Waals surface area contributed by atoms with Crippen LogP contribution in [0.15, 0.2) is 0 Å². The third-order valence-electron chi connectivity index (χ3n) is 4.44. The van der Waals surface area contributed by atoms with Crippen molar-refractivity contribution in [1.29, 1.82) is 0 Å². The van der Waals surface area contributed by atoms with Gasteiger partial charge in [-0.1, -0.05) is 0 Å². The maximum atomic E-state index is 12.3. The van der Waals surface area contributed by atoms with Gasteiger partial charge in [-0.05, 0) is 19.3 Å². The summed E-state index contributed by atoms with van der Waals surface area (Å²) in [5, 5.41) is -0.222. The highest BCUT2D eigenvalue weighted by Crippen LogP contribution is 2.31. The van der Waals surface area contributed by atoms with E-state index in [1.807, 2.05) is 0 Å². The van der Waals surface area contributed by atoms with Gasteiger partial charge >= 0.3 is 0 Å². The maximum Gasteiger partial charge on any atom is 0.226 e. The summed E-state index contributed by atoms with van der Waals surface area (Å²) in [5.41, 5.74) is 0.